The maximum absolute atomic E-state index is 14.4. The number of para-hydroxylation sites is 1. The molecule has 3 aromatic rings. The number of aliphatic carboxylic acids is 2. The molecule has 2 heterocycles. The van der Waals surface area contributed by atoms with E-state index < -0.39 is 248 Å². The van der Waals surface area contributed by atoms with E-state index in [0.717, 1.165) is 13.8 Å². The third-order valence-electron chi connectivity index (χ3n) is 17.2. The molecule has 25 N–H and O–H groups in total. The lowest BCUT2D eigenvalue weighted by molar-refractivity contribution is -0.144. The number of imidazole rings is 1. The molecule has 43 heteroatoms. The minimum Gasteiger partial charge on any atom is -0.481 e. The average Bonchev–Trinajstić information content (AvgIpc) is 1.72. The summed E-state index contributed by atoms with van der Waals surface area (Å²) in [5.74, 6) is -20.6. The van der Waals surface area contributed by atoms with Crippen LogP contribution in [-0.2, 0) is 89.6 Å². The van der Waals surface area contributed by atoms with Crippen molar-refractivity contribution in [3.8, 4) is 0 Å². The fraction of sp³-hybridized carbons (Fsp3) is 0.603. The van der Waals surface area contributed by atoms with Crippen LogP contribution in [0, 0.1) is 17.8 Å². The van der Waals surface area contributed by atoms with E-state index in [1.54, 1.807) is 65.8 Å². The molecule has 0 spiro atoms. The van der Waals surface area contributed by atoms with Gasteiger partial charge in [0.2, 0.25) is 82.7 Å². The molecule has 1 aromatic carbocycles. The number of thiol groups is 2. The summed E-state index contributed by atoms with van der Waals surface area (Å²) in [6.07, 6.45) is -2.19. The molecule has 0 unspecified atom stereocenters. The van der Waals surface area contributed by atoms with Gasteiger partial charge >= 0.3 is 11.9 Å². The van der Waals surface area contributed by atoms with E-state index in [1.807, 2.05) is 0 Å². The van der Waals surface area contributed by atoms with Crippen molar-refractivity contribution >= 4 is 131 Å². The van der Waals surface area contributed by atoms with E-state index in [4.69, 9.17) is 5.73 Å². The van der Waals surface area contributed by atoms with Gasteiger partial charge in [0, 0.05) is 53.3 Å². The first-order valence-corrected chi connectivity index (χ1v) is 36.8. The van der Waals surface area contributed by atoms with Gasteiger partial charge in [-0.25, -0.2) is 9.78 Å². The van der Waals surface area contributed by atoms with Gasteiger partial charge < -0.3 is 126 Å². The van der Waals surface area contributed by atoms with Gasteiger partial charge in [0.05, 0.1) is 56.9 Å². The molecular weight excluding hydrogens is 1500 g/mol. The van der Waals surface area contributed by atoms with E-state index in [0.29, 0.717) is 28.6 Å². The number of aliphatic hydroxyl groups is 5. The molecule has 0 bridgehead atoms. The Hall–Kier alpha value is -10.0. The van der Waals surface area contributed by atoms with Gasteiger partial charge in [-0.15, -0.1) is 0 Å². The highest BCUT2D eigenvalue weighted by molar-refractivity contribution is 7.80. The van der Waals surface area contributed by atoms with Crippen molar-refractivity contribution in [2.24, 2.45) is 23.5 Å². The highest BCUT2D eigenvalue weighted by Gasteiger charge is 2.40. The largest absolute Gasteiger partial charge is 0.481 e. The van der Waals surface area contributed by atoms with Gasteiger partial charge in [-0.05, 0) is 69.9 Å². The van der Waals surface area contributed by atoms with E-state index in [-0.39, 0.29) is 30.8 Å². The summed E-state index contributed by atoms with van der Waals surface area (Å²) in [4.78, 5) is 225. The Morgan fingerprint density at radius 3 is 1.32 bits per heavy atom. The van der Waals surface area contributed by atoms with Crippen molar-refractivity contribution in [2.45, 2.75) is 211 Å². The van der Waals surface area contributed by atoms with E-state index >= 15 is 0 Å². The fourth-order valence-corrected chi connectivity index (χ4v) is 11.3. The van der Waals surface area contributed by atoms with E-state index in [2.05, 4.69) is 115 Å². The second-order valence-corrected chi connectivity index (χ2v) is 28.2. The number of aliphatic hydroxyl groups excluding tert-OH is 5. The summed E-state index contributed by atoms with van der Waals surface area (Å²) in [6, 6.07) is -16.4. The Morgan fingerprint density at radius 2 is 0.874 bits per heavy atom. The number of aromatic nitrogens is 3. The zero-order valence-corrected chi connectivity index (χ0v) is 64.7. The molecule has 2 aromatic heterocycles. The summed E-state index contributed by atoms with van der Waals surface area (Å²) >= 11 is 8.20. The Kier molecular flexibility index (Phi) is 39.9. The van der Waals surface area contributed by atoms with Crippen molar-refractivity contribution < 1.29 is 112 Å². The number of carbonyl (C=O) groups is 16. The lowest BCUT2D eigenvalue weighted by atomic mass is 9.99. The van der Waals surface area contributed by atoms with Crippen LogP contribution in [0.1, 0.15) is 106 Å². The number of hydrogen-bond donors (Lipinski definition) is 26. The molecule has 0 aliphatic rings. The molecule has 0 saturated carbocycles. The summed E-state index contributed by atoms with van der Waals surface area (Å²) in [7, 11) is 0. The maximum atomic E-state index is 14.4. The minimum absolute atomic E-state index is 0.000297. The Labute approximate surface area is 649 Å². The molecule has 18 atom stereocenters. The van der Waals surface area contributed by atoms with Crippen molar-refractivity contribution in [1.82, 2.24) is 89.4 Å². The van der Waals surface area contributed by atoms with Gasteiger partial charge in [0.25, 0.3) is 0 Å². The lowest BCUT2D eigenvalue weighted by Crippen LogP contribution is -2.63. The highest BCUT2D eigenvalue weighted by Crippen LogP contribution is 2.20. The number of rotatable bonds is 48. The SMILES string of the molecule is CC[C@H](C)[C@H](NC(=O)[C@H](CS)NC(=O)[C@@H](NC(=O)[C@H](CO)NC(=O)[C@H](CC(C)C)NC(=O)[C@H](CC(C)C)NC(=O)[C@H](CC(=O)O)NC(=O)[C@H](CO)NC(=O)[C@H](Cc1c[nH]c2ccccc12)NC(=O)[C@@H](NC(=O)CNC(=O)[C@H](C)NC(=O)[C@H](CS)NC(=O)[C@@H](NC(=O)[C@@H](N)Cc1cnc[nH]1)[C@@H](C)O)[C@@H](C)O)[C@@H](C)O)C(=O)O. The molecule has 618 valence electrons. The molecule has 0 aliphatic heterocycles. The van der Waals surface area contributed by atoms with Crippen molar-refractivity contribution in [3.63, 3.8) is 0 Å². The van der Waals surface area contributed by atoms with Gasteiger partial charge in [-0.3, -0.25) is 71.9 Å². The standard InChI is InChI=1S/C68H106N18O23S2/c1-11-31(6)51(68(108)109)84-64(104)48(27-111)82-67(107)54(35(10)91)86-62(102)46(25-88)80-58(98)42(17-30(4)5)75-57(97)41(16-29(2)3)76-60(100)44(20-50(93)94)77-61(101)45(24-87)79-59(99)43(18-36-21-71-40-15-13-12-14-38(36)40)78-65(105)52(33(8)89)83-49(92)23-72-55(95)32(7)74-63(103)47(26-110)81-66(106)53(34(9)90)85-56(96)39(69)19-37-22-70-28-73-37/h12-15,21-22,28-35,39,41-48,51-54,71,87-91,110-111H,11,16-20,23-27,69H2,1-10H3,(H,70,73)(H,72,95)(H,74,103)(H,75,97)(H,76,100)(H,77,101)(H,78,105)(H,79,99)(H,80,98)(H,81,106)(H,82,107)(H,83,92)(H,84,104)(H,85,96)(H,86,102)(H,93,94)(H,108,109)/t31-,32-,33+,34+,35+,39-,41-,42-,43-,44-,45-,46-,47-,48-,51-,52-,53-,54-/m0/s1. The van der Waals surface area contributed by atoms with Crippen LogP contribution in [0.4, 0.5) is 0 Å². The number of carboxylic acid groups (broad SMARTS) is 2. The number of aromatic amines is 2. The minimum atomic E-state index is -2.08. The third-order valence-corrected chi connectivity index (χ3v) is 17.9. The van der Waals surface area contributed by atoms with E-state index in [1.165, 1.54) is 32.6 Å². The van der Waals surface area contributed by atoms with Crippen LogP contribution >= 0.6 is 25.3 Å². The zero-order valence-electron chi connectivity index (χ0n) is 62.9. The predicted molar refractivity (Wildman–Crippen MR) is 401 cm³/mol. The van der Waals surface area contributed by atoms with Crippen molar-refractivity contribution in [2.75, 3.05) is 31.3 Å². The van der Waals surface area contributed by atoms with E-state index in [9.17, 15) is 112 Å². The molecular formula is C68H106N18O23S2. The van der Waals surface area contributed by atoms with Gasteiger partial charge in [0.15, 0.2) is 0 Å². The molecule has 0 radical (unpaired) electrons. The first kappa shape index (κ1) is 95.2. The van der Waals surface area contributed by atoms with Crippen LogP contribution in [-0.4, -0.2) is 279 Å². The van der Waals surface area contributed by atoms with Crippen LogP contribution in [0.25, 0.3) is 10.9 Å². The Bertz CT molecular complexity index is 3700. The van der Waals surface area contributed by atoms with Crippen molar-refractivity contribution in [3.05, 3.63) is 54.2 Å². The Morgan fingerprint density at radius 1 is 0.468 bits per heavy atom. The quantitative estimate of drug-likeness (QED) is 0.0234. The zero-order chi connectivity index (χ0) is 83.8. The third kappa shape index (κ3) is 31.0. The summed E-state index contributed by atoms with van der Waals surface area (Å²) in [6.45, 7) is 11.2. The fourth-order valence-electron chi connectivity index (χ4n) is 10.8. The Balaban J connectivity index is 1.79. The number of benzene rings is 1. The number of nitrogens with one attached hydrogen (secondary N) is 16. The van der Waals surface area contributed by atoms with Crippen LogP contribution in [0.5, 0.6) is 0 Å². The first-order chi connectivity index (χ1) is 52.1. The van der Waals surface area contributed by atoms with Gasteiger partial charge in [-0.2, -0.15) is 25.3 Å². The molecule has 3 rings (SSSR count). The molecule has 0 fully saturated rings. The first-order valence-electron chi connectivity index (χ1n) is 35.5. The molecule has 41 nitrogen and oxygen atoms in total. The number of fused-ring (bicyclic) bond motifs is 1. The predicted octanol–water partition coefficient (Wildman–Crippen LogP) is -7.87. The number of carboxylic acids is 2. The number of hydrogen-bond acceptors (Lipinski definition) is 25. The normalized spacial score (nSPS) is 16.2. The molecule has 111 heavy (non-hydrogen) atoms. The molecule has 0 aliphatic carbocycles. The average molecular weight is 1610 g/mol. The smallest absolute Gasteiger partial charge is 0.326 e. The van der Waals surface area contributed by atoms with Crippen molar-refractivity contribution in [1.29, 1.82) is 0 Å². The van der Waals surface area contributed by atoms with Crippen LogP contribution in [0.15, 0.2) is 43.0 Å². The highest BCUT2D eigenvalue weighted by atomic mass is 32.1. The topological polar surface area (TPSA) is 654 Å². The second kappa shape index (κ2) is 46.6. The number of carbonyl (C=O) groups excluding carboxylic acids is 14. The number of nitrogens with two attached hydrogens (primary N) is 1. The summed E-state index contributed by atoms with van der Waals surface area (Å²) in [5, 5.41) is 105. The summed E-state index contributed by atoms with van der Waals surface area (Å²) in [5.41, 5.74) is 7.44. The van der Waals surface area contributed by atoms with Gasteiger partial charge in [-0.1, -0.05) is 66.2 Å². The van der Waals surface area contributed by atoms with Gasteiger partial charge in [0.1, 0.15) is 78.5 Å². The number of nitrogens with zero attached hydrogens (tertiary/aromatic N) is 1. The lowest BCUT2D eigenvalue weighted by Gasteiger charge is -2.29. The number of amides is 14. The van der Waals surface area contributed by atoms with Crippen LogP contribution in [0.2, 0.25) is 0 Å². The van der Waals surface area contributed by atoms with Crippen LogP contribution in [0.3, 0.4) is 0 Å². The second-order valence-electron chi connectivity index (χ2n) is 27.4. The number of H-pyrrole nitrogens is 2. The van der Waals surface area contributed by atoms with Crippen LogP contribution < -0.4 is 80.2 Å². The molecule has 0 saturated heterocycles. The molecule has 14 amide bonds. The summed E-state index contributed by atoms with van der Waals surface area (Å²) < 4.78 is 0. The monoisotopic (exact) mass is 1610 g/mol. The maximum Gasteiger partial charge on any atom is 0.326 e.